The monoisotopic (exact) mass is 276 g/mol. The third-order valence-corrected chi connectivity index (χ3v) is 4.49. The molecule has 0 radical (unpaired) electrons. The highest BCUT2D eigenvalue weighted by Gasteiger charge is 2.24. The summed E-state index contributed by atoms with van der Waals surface area (Å²) in [6, 6.07) is 19.7. The first-order valence-electron chi connectivity index (χ1n) is 7.75. The van der Waals surface area contributed by atoms with Gasteiger partial charge >= 0.3 is 0 Å². The van der Waals surface area contributed by atoms with Crippen molar-refractivity contribution in [2.45, 2.75) is 18.9 Å². The number of fused-ring (bicyclic) bond motifs is 2. The predicted octanol–water partition coefficient (Wildman–Crippen LogP) is 3.47. The maximum absolute atomic E-state index is 3.58. The lowest BCUT2D eigenvalue weighted by molar-refractivity contribution is 0.275. The molecule has 106 valence electrons. The van der Waals surface area contributed by atoms with Gasteiger partial charge in [-0.3, -0.25) is 0 Å². The van der Waals surface area contributed by atoms with Crippen molar-refractivity contribution < 1.29 is 0 Å². The Bertz CT molecular complexity index is 660. The van der Waals surface area contributed by atoms with Gasteiger partial charge < -0.3 is 10.2 Å². The summed E-state index contributed by atoms with van der Waals surface area (Å²) < 4.78 is 0. The number of benzene rings is 2. The topological polar surface area (TPSA) is 15.3 Å². The van der Waals surface area contributed by atoms with Gasteiger partial charge in [-0.05, 0) is 29.2 Å². The molecule has 1 unspecified atom stereocenters. The van der Waals surface area contributed by atoms with Crippen LogP contribution in [0.4, 0.5) is 0 Å². The molecule has 2 nitrogen and oxygen atoms in total. The lowest BCUT2D eigenvalue weighted by atomic mass is 9.88. The zero-order valence-electron chi connectivity index (χ0n) is 12.1. The molecule has 21 heavy (non-hydrogen) atoms. The van der Waals surface area contributed by atoms with Crippen LogP contribution in [0.5, 0.6) is 0 Å². The first kappa shape index (κ1) is 12.5. The molecule has 2 heteroatoms. The highest BCUT2D eigenvalue weighted by atomic mass is 15.3. The van der Waals surface area contributed by atoms with E-state index in [1.165, 1.54) is 28.9 Å². The Morgan fingerprint density at radius 1 is 0.952 bits per heavy atom. The van der Waals surface area contributed by atoms with Gasteiger partial charge in [-0.15, -0.1) is 0 Å². The molecular formula is C19H20N2. The largest absolute Gasteiger partial charge is 0.372 e. The molecule has 1 atom stereocenters. The average Bonchev–Trinajstić information content (AvgIpc) is 2.72. The highest BCUT2D eigenvalue weighted by Crippen LogP contribution is 2.34. The van der Waals surface area contributed by atoms with E-state index in [1.807, 2.05) is 0 Å². The molecule has 1 saturated heterocycles. The highest BCUT2D eigenvalue weighted by molar-refractivity contribution is 5.43. The molecule has 2 heterocycles. The summed E-state index contributed by atoms with van der Waals surface area (Å²) in [5.74, 6) is 1.64. The van der Waals surface area contributed by atoms with Crippen molar-refractivity contribution in [1.29, 1.82) is 0 Å². The SMILES string of the molecule is C1=C2NCCCN2Cc2ccccc2C1c1ccccc1. The van der Waals surface area contributed by atoms with Gasteiger partial charge in [0.25, 0.3) is 0 Å². The molecule has 0 aliphatic carbocycles. The van der Waals surface area contributed by atoms with Gasteiger partial charge in [0, 0.05) is 25.6 Å². The van der Waals surface area contributed by atoms with E-state index in [2.05, 4.69) is 70.9 Å². The molecule has 0 amide bonds. The van der Waals surface area contributed by atoms with Gasteiger partial charge in [0.1, 0.15) is 0 Å². The maximum atomic E-state index is 3.58. The van der Waals surface area contributed by atoms with E-state index in [-0.39, 0.29) is 0 Å². The summed E-state index contributed by atoms with van der Waals surface area (Å²) in [5.41, 5.74) is 4.25. The van der Waals surface area contributed by atoms with Crippen molar-refractivity contribution in [3.63, 3.8) is 0 Å². The first-order valence-corrected chi connectivity index (χ1v) is 7.75. The zero-order valence-corrected chi connectivity index (χ0v) is 12.1. The van der Waals surface area contributed by atoms with E-state index < -0.39 is 0 Å². The number of rotatable bonds is 1. The van der Waals surface area contributed by atoms with E-state index in [0.717, 1.165) is 19.6 Å². The Morgan fingerprint density at radius 3 is 2.67 bits per heavy atom. The number of nitrogens with zero attached hydrogens (tertiary/aromatic N) is 1. The van der Waals surface area contributed by atoms with Gasteiger partial charge in [-0.2, -0.15) is 0 Å². The third kappa shape index (κ3) is 2.31. The second kappa shape index (κ2) is 5.28. The second-order valence-electron chi connectivity index (χ2n) is 5.84. The van der Waals surface area contributed by atoms with Crippen LogP contribution in [0.15, 0.2) is 66.5 Å². The summed E-state index contributed by atoms with van der Waals surface area (Å²) in [6.45, 7) is 3.24. The van der Waals surface area contributed by atoms with Crippen molar-refractivity contribution >= 4 is 0 Å². The van der Waals surface area contributed by atoms with Gasteiger partial charge in [0.2, 0.25) is 0 Å². The normalized spacial score (nSPS) is 20.7. The van der Waals surface area contributed by atoms with E-state index in [0.29, 0.717) is 5.92 Å². The molecule has 0 spiro atoms. The minimum absolute atomic E-state index is 0.341. The molecule has 1 N–H and O–H groups in total. The van der Waals surface area contributed by atoms with Crippen LogP contribution >= 0.6 is 0 Å². The summed E-state index contributed by atoms with van der Waals surface area (Å²) in [7, 11) is 0. The minimum Gasteiger partial charge on any atom is -0.372 e. The van der Waals surface area contributed by atoms with Gasteiger partial charge in [-0.1, -0.05) is 54.6 Å². The van der Waals surface area contributed by atoms with E-state index in [9.17, 15) is 0 Å². The molecule has 0 saturated carbocycles. The summed E-state index contributed by atoms with van der Waals surface area (Å²) >= 11 is 0. The van der Waals surface area contributed by atoms with Crippen LogP contribution in [0.3, 0.4) is 0 Å². The number of nitrogens with one attached hydrogen (secondary N) is 1. The Morgan fingerprint density at radius 2 is 1.76 bits per heavy atom. The Hall–Kier alpha value is -2.22. The average molecular weight is 276 g/mol. The Labute approximate surface area is 126 Å². The smallest absolute Gasteiger partial charge is 0.0984 e. The van der Waals surface area contributed by atoms with Crippen LogP contribution in [0.2, 0.25) is 0 Å². The fraction of sp³-hybridized carbons (Fsp3) is 0.263. The molecule has 2 aliphatic heterocycles. The molecule has 1 fully saturated rings. The standard InChI is InChI=1S/C19H20N2/c1-2-7-15(8-3-1)18-13-19-20-11-6-12-21(19)14-16-9-4-5-10-17(16)18/h1-5,7-10,13,18,20H,6,11-12,14H2. The Kier molecular flexibility index (Phi) is 3.15. The van der Waals surface area contributed by atoms with Crippen LogP contribution < -0.4 is 5.32 Å². The summed E-state index contributed by atoms with van der Waals surface area (Å²) in [5, 5.41) is 3.58. The minimum atomic E-state index is 0.341. The van der Waals surface area contributed by atoms with Gasteiger partial charge in [0.05, 0.1) is 5.82 Å². The van der Waals surface area contributed by atoms with E-state index in [1.54, 1.807) is 0 Å². The number of hydrogen-bond acceptors (Lipinski definition) is 2. The van der Waals surface area contributed by atoms with Crippen LogP contribution in [0.25, 0.3) is 0 Å². The summed E-state index contributed by atoms with van der Waals surface area (Å²) in [4.78, 5) is 2.48. The molecule has 2 aromatic carbocycles. The molecule has 4 rings (SSSR count). The number of hydrogen-bond donors (Lipinski definition) is 1. The zero-order chi connectivity index (χ0) is 14.1. The van der Waals surface area contributed by atoms with Crippen molar-refractivity contribution in [3.05, 3.63) is 83.2 Å². The van der Waals surface area contributed by atoms with Crippen LogP contribution in [-0.2, 0) is 6.54 Å². The maximum Gasteiger partial charge on any atom is 0.0984 e. The molecular weight excluding hydrogens is 256 g/mol. The molecule has 2 aliphatic rings. The summed E-state index contributed by atoms with van der Waals surface area (Å²) in [6.07, 6.45) is 3.62. The lowest BCUT2D eigenvalue weighted by Crippen LogP contribution is -2.38. The van der Waals surface area contributed by atoms with Crippen LogP contribution in [-0.4, -0.2) is 18.0 Å². The van der Waals surface area contributed by atoms with Gasteiger partial charge in [-0.25, -0.2) is 0 Å². The quantitative estimate of drug-likeness (QED) is 0.858. The van der Waals surface area contributed by atoms with E-state index >= 15 is 0 Å². The molecule has 0 aromatic heterocycles. The molecule has 2 aromatic rings. The molecule has 0 bridgehead atoms. The second-order valence-corrected chi connectivity index (χ2v) is 5.84. The van der Waals surface area contributed by atoms with Crippen molar-refractivity contribution in [2.24, 2.45) is 0 Å². The lowest BCUT2D eigenvalue weighted by Gasteiger charge is -2.32. The van der Waals surface area contributed by atoms with E-state index in [4.69, 9.17) is 0 Å². The first-order chi connectivity index (χ1) is 10.4. The van der Waals surface area contributed by atoms with Crippen LogP contribution in [0.1, 0.15) is 29.0 Å². The van der Waals surface area contributed by atoms with Crippen molar-refractivity contribution in [3.8, 4) is 0 Å². The fourth-order valence-corrected chi connectivity index (χ4v) is 3.42. The fourth-order valence-electron chi connectivity index (χ4n) is 3.42. The number of allylic oxidation sites excluding steroid dienone is 1. The third-order valence-electron chi connectivity index (χ3n) is 4.49. The Balaban J connectivity index is 1.85. The van der Waals surface area contributed by atoms with Crippen molar-refractivity contribution in [2.75, 3.05) is 13.1 Å². The van der Waals surface area contributed by atoms with Gasteiger partial charge in [0.15, 0.2) is 0 Å². The van der Waals surface area contributed by atoms with Crippen LogP contribution in [0, 0.1) is 0 Å². The van der Waals surface area contributed by atoms with Crippen molar-refractivity contribution in [1.82, 2.24) is 10.2 Å². The predicted molar refractivity (Wildman–Crippen MR) is 85.8 cm³/mol.